The van der Waals surface area contributed by atoms with Crippen LogP contribution in [0.1, 0.15) is 70.6 Å². The minimum absolute atomic E-state index is 0.0258. The second kappa shape index (κ2) is 16.9. The fourth-order valence-electron chi connectivity index (χ4n) is 5.69. The van der Waals surface area contributed by atoms with Crippen LogP contribution in [0.15, 0.2) is 54.6 Å². The zero-order valence-corrected chi connectivity index (χ0v) is 23.5. The van der Waals surface area contributed by atoms with Gasteiger partial charge in [0.05, 0.1) is 12.2 Å². The van der Waals surface area contributed by atoms with Gasteiger partial charge in [-0.05, 0) is 75.8 Å². The van der Waals surface area contributed by atoms with E-state index in [0.29, 0.717) is 45.5 Å². The van der Waals surface area contributed by atoms with E-state index in [4.69, 9.17) is 28.8 Å². The molecule has 7 atom stereocenters. The highest BCUT2D eigenvalue weighted by atomic mass is 16.7. The van der Waals surface area contributed by atoms with E-state index >= 15 is 0 Å². The predicted molar refractivity (Wildman–Crippen MR) is 151 cm³/mol. The smallest absolute Gasteiger partial charge is 0.303 e. The summed E-state index contributed by atoms with van der Waals surface area (Å²) in [6.07, 6.45) is 15.5. The van der Waals surface area contributed by atoms with Gasteiger partial charge in [-0.1, -0.05) is 42.5 Å². The summed E-state index contributed by atoms with van der Waals surface area (Å²) >= 11 is 0. The highest BCUT2D eigenvalue weighted by molar-refractivity contribution is 5.66. The molecule has 1 aliphatic carbocycles. The number of allylic oxidation sites excluding steroid dienone is 2. The summed E-state index contributed by atoms with van der Waals surface area (Å²) in [6, 6.07) is 9.70. The van der Waals surface area contributed by atoms with Crippen LogP contribution in [-0.4, -0.2) is 66.9 Å². The number of unbranched alkanes of at least 4 members (excludes halogenated alkanes) is 1. The van der Waals surface area contributed by atoms with Gasteiger partial charge in [0.2, 0.25) is 0 Å². The van der Waals surface area contributed by atoms with Crippen molar-refractivity contribution in [3.63, 3.8) is 0 Å². The van der Waals surface area contributed by atoms with Gasteiger partial charge < -0.3 is 33.9 Å². The number of para-hydroxylation sites is 1. The monoisotopic (exact) mass is 558 g/mol. The molecular weight excluding hydrogens is 512 g/mol. The molecule has 2 N–H and O–H groups in total. The van der Waals surface area contributed by atoms with E-state index in [1.54, 1.807) is 0 Å². The molecule has 1 aromatic carbocycles. The molecule has 2 aliphatic heterocycles. The lowest BCUT2D eigenvalue weighted by Crippen LogP contribution is -2.32. The normalized spacial score (nSPS) is 30.1. The molecule has 3 fully saturated rings. The molecule has 2 unspecified atom stereocenters. The number of ether oxygens (including phenoxy) is 5. The van der Waals surface area contributed by atoms with E-state index < -0.39 is 12.1 Å². The highest BCUT2D eigenvalue weighted by Crippen LogP contribution is 2.39. The molecule has 4 rings (SSSR count). The predicted octanol–water partition coefficient (Wildman–Crippen LogP) is 5.64. The van der Waals surface area contributed by atoms with Gasteiger partial charge in [0, 0.05) is 32.0 Å². The van der Waals surface area contributed by atoms with Gasteiger partial charge in [-0.15, -0.1) is 0 Å². The minimum Gasteiger partial charge on any atom is -0.491 e. The molecule has 0 spiro atoms. The topological polar surface area (TPSA) is 104 Å². The van der Waals surface area contributed by atoms with Crippen molar-refractivity contribution >= 4 is 5.97 Å². The zero-order valence-electron chi connectivity index (χ0n) is 23.5. The standard InChI is InChI=1S/C32H46O8/c33-28-22-29(40-32-17-9-11-21-37-32)27(26(28)14-6-1-2-7-15-30(34)35)19-18-25(39-31-16-8-10-20-36-31)23-38-24-12-4-3-5-13-24/h1,3-6,12-13,18-19,25-29,31-33H,2,7-11,14-17,20-23H2,(H,34,35)/b6-1-,19-18+/t25-,26-,27-,28+,29-,31?,32?/m1/s1. The van der Waals surface area contributed by atoms with Gasteiger partial charge in [-0.25, -0.2) is 0 Å². The molecule has 8 heteroatoms. The number of aliphatic hydroxyl groups is 1. The third-order valence-electron chi connectivity index (χ3n) is 7.86. The SMILES string of the molecule is O=C(O)CCC/C=C\C[C@@H]1[C@@H](/C=C/[C@H](COc2ccccc2)OC2CCCCO2)[C@H](OC2CCCCO2)C[C@@H]1O. The molecule has 0 bridgehead atoms. The fraction of sp³-hybridized carbons (Fsp3) is 0.656. The molecule has 1 saturated carbocycles. The van der Waals surface area contributed by atoms with Gasteiger partial charge in [0.15, 0.2) is 12.6 Å². The number of hydrogen-bond acceptors (Lipinski definition) is 7. The summed E-state index contributed by atoms with van der Waals surface area (Å²) in [5.41, 5.74) is 0. The second-order valence-corrected chi connectivity index (χ2v) is 11.0. The van der Waals surface area contributed by atoms with Crippen LogP contribution in [0.5, 0.6) is 5.75 Å². The summed E-state index contributed by atoms with van der Waals surface area (Å²) in [7, 11) is 0. The Bertz CT molecular complexity index is 907. The van der Waals surface area contributed by atoms with Crippen molar-refractivity contribution in [2.24, 2.45) is 11.8 Å². The molecule has 0 radical (unpaired) electrons. The van der Waals surface area contributed by atoms with Gasteiger partial charge in [-0.3, -0.25) is 4.79 Å². The Labute approximate surface area is 238 Å². The Kier molecular flexibility index (Phi) is 13.0. The number of carboxylic acids is 1. The van der Waals surface area contributed by atoms with Crippen molar-refractivity contribution in [1.82, 2.24) is 0 Å². The van der Waals surface area contributed by atoms with Crippen LogP contribution in [0.3, 0.4) is 0 Å². The van der Waals surface area contributed by atoms with E-state index in [2.05, 4.69) is 12.2 Å². The first kappa shape index (κ1) is 30.7. The van der Waals surface area contributed by atoms with Crippen molar-refractivity contribution in [2.45, 2.75) is 102 Å². The summed E-state index contributed by atoms with van der Waals surface area (Å²) in [5.74, 6) is -0.0465. The van der Waals surface area contributed by atoms with Crippen molar-refractivity contribution in [3.05, 3.63) is 54.6 Å². The average Bonchev–Trinajstić information content (AvgIpc) is 3.26. The number of carbonyl (C=O) groups is 1. The molecule has 3 aliphatic rings. The van der Waals surface area contributed by atoms with E-state index in [-0.39, 0.29) is 43.0 Å². The Hall–Kier alpha value is -2.23. The summed E-state index contributed by atoms with van der Waals surface area (Å²) in [4.78, 5) is 10.8. The van der Waals surface area contributed by atoms with Gasteiger partial charge in [0.1, 0.15) is 18.5 Å². The van der Waals surface area contributed by atoms with Gasteiger partial charge in [-0.2, -0.15) is 0 Å². The number of aliphatic carboxylic acids is 1. The summed E-state index contributed by atoms with van der Waals surface area (Å²) < 4.78 is 30.5. The molecule has 8 nitrogen and oxygen atoms in total. The van der Waals surface area contributed by atoms with Crippen LogP contribution in [0, 0.1) is 11.8 Å². The Morgan fingerprint density at radius 1 is 1.02 bits per heavy atom. The van der Waals surface area contributed by atoms with Crippen LogP contribution >= 0.6 is 0 Å². The lowest BCUT2D eigenvalue weighted by molar-refractivity contribution is -0.193. The van der Waals surface area contributed by atoms with E-state index in [9.17, 15) is 9.90 Å². The number of rotatable bonds is 15. The van der Waals surface area contributed by atoms with Crippen LogP contribution in [0.4, 0.5) is 0 Å². The quantitative estimate of drug-likeness (QED) is 0.210. The maximum absolute atomic E-state index is 11.1. The Balaban J connectivity index is 1.44. The van der Waals surface area contributed by atoms with Crippen molar-refractivity contribution in [1.29, 1.82) is 0 Å². The van der Waals surface area contributed by atoms with E-state index in [1.165, 1.54) is 0 Å². The molecule has 1 aromatic rings. The molecule has 0 aromatic heterocycles. The minimum atomic E-state index is -0.776. The maximum atomic E-state index is 11.1. The number of carboxylic acid groups (broad SMARTS) is 1. The van der Waals surface area contributed by atoms with Gasteiger partial charge in [0.25, 0.3) is 0 Å². The molecular formula is C32H46O8. The first-order chi connectivity index (χ1) is 19.6. The molecule has 222 valence electrons. The largest absolute Gasteiger partial charge is 0.491 e. The number of aliphatic hydroxyl groups excluding tert-OH is 1. The Morgan fingerprint density at radius 3 is 2.48 bits per heavy atom. The fourth-order valence-corrected chi connectivity index (χ4v) is 5.69. The van der Waals surface area contributed by atoms with Crippen LogP contribution < -0.4 is 4.74 Å². The molecule has 40 heavy (non-hydrogen) atoms. The average molecular weight is 559 g/mol. The van der Waals surface area contributed by atoms with Crippen LogP contribution in [-0.2, 0) is 23.7 Å². The lowest BCUT2D eigenvalue weighted by atomic mass is 9.89. The van der Waals surface area contributed by atoms with Crippen molar-refractivity contribution in [3.8, 4) is 5.75 Å². The summed E-state index contributed by atoms with van der Waals surface area (Å²) in [6.45, 7) is 1.76. The van der Waals surface area contributed by atoms with E-state index in [0.717, 1.165) is 44.3 Å². The molecule has 2 heterocycles. The van der Waals surface area contributed by atoms with Gasteiger partial charge >= 0.3 is 5.97 Å². The highest BCUT2D eigenvalue weighted by Gasteiger charge is 2.42. The lowest BCUT2D eigenvalue weighted by Gasteiger charge is -2.30. The first-order valence-corrected chi connectivity index (χ1v) is 15.0. The third kappa shape index (κ3) is 10.3. The third-order valence-corrected chi connectivity index (χ3v) is 7.86. The Morgan fingerprint density at radius 2 is 1.77 bits per heavy atom. The first-order valence-electron chi connectivity index (χ1n) is 15.0. The van der Waals surface area contributed by atoms with Crippen molar-refractivity contribution < 1.29 is 38.7 Å². The van der Waals surface area contributed by atoms with Crippen molar-refractivity contribution in [2.75, 3.05) is 19.8 Å². The zero-order chi connectivity index (χ0) is 28.0. The number of hydrogen-bond donors (Lipinski definition) is 2. The molecule has 0 amide bonds. The maximum Gasteiger partial charge on any atom is 0.303 e. The molecule has 2 saturated heterocycles. The second-order valence-electron chi connectivity index (χ2n) is 11.0. The van der Waals surface area contributed by atoms with Crippen LogP contribution in [0.2, 0.25) is 0 Å². The van der Waals surface area contributed by atoms with E-state index in [1.807, 2.05) is 42.5 Å². The number of benzene rings is 1. The summed E-state index contributed by atoms with van der Waals surface area (Å²) in [5, 5.41) is 19.9. The van der Waals surface area contributed by atoms with Crippen LogP contribution in [0.25, 0.3) is 0 Å².